The van der Waals surface area contributed by atoms with E-state index in [-0.39, 0.29) is 6.42 Å². The van der Waals surface area contributed by atoms with Crippen LogP contribution in [-0.2, 0) is 17.6 Å². The van der Waals surface area contributed by atoms with Gasteiger partial charge >= 0.3 is 5.97 Å². The van der Waals surface area contributed by atoms with Crippen molar-refractivity contribution in [2.75, 3.05) is 0 Å². The molecular formula is C13H16O2. The van der Waals surface area contributed by atoms with Crippen LogP contribution in [0.5, 0.6) is 0 Å². The van der Waals surface area contributed by atoms with Gasteiger partial charge in [0, 0.05) is 0 Å². The maximum absolute atomic E-state index is 10.6. The second-order valence-corrected chi connectivity index (χ2v) is 4.40. The van der Waals surface area contributed by atoms with Crippen LogP contribution in [-0.4, -0.2) is 11.1 Å². The third kappa shape index (κ3) is 2.20. The lowest BCUT2D eigenvalue weighted by atomic mass is 9.83. The van der Waals surface area contributed by atoms with Crippen molar-refractivity contribution >= 4 is 5.97 Å². The van der Waals surface area contributed by atoms with Gasteiger partial charge in [-0.25, -0.2) is 0 Å². The van der Waals surface area contributed by atoms with Crippen LogP contribution in [0.15, 0.2) is 18.2 Å². The van der Waals surface area contributed by atoms with Gasteiger partial charge in [0.1, 0.15) is 0 Å². The SMILES string of the molecule is CC1CCCc2cc(CC(=O)O)ccc21. The van der Waals surface area contributed by atoms with Crippen molar-refractivity contribution < 1.29 is 9.90 Å². The molecule has 1 aromatic carbocycles. The van der Waals surface area contributed by atoms with Crippen LogP contribution in [0.4, 0.5) is 0 Å². The summed E-state index contributed by atoms with van der Waals surface area (Å²) in [6.45, 7) is 2.24. The second kappa shape index (κ2) is 4.05. The molecule has 0 aromatic heterocycles. The molecule has 1 N–H and O–H groups in total. The fourth-order valence-corrected chi connectivity index (χ4v) is 2.40. The highest BCUT2D eigenvalue weighted by atomic mass is 16.4. The van der Waals surface area contributed by atoms with E-state index in [1.165, 1.54) is 24.0 Å². The predicted molar refractivity (Wildman–Crippen MR) is 59.1 cm³/mol. The first-order valence-corrected chi connectivity index (χ1v) is 5.50. The fraction of sp³-hybridized carbons (Fsp3) is 0.462. The van der Waals surface area contributed by atoms with E-state index in [9.17, 15) is 4.79 Å². The third-order valence-electron chi connectivity index (χ3n) is 3.18. The summed E-state index contributed by atoms with van der Waals surface area (Å²) in [4.78, 5) is 10.6. The number of hydrogen-bond donors (Lipinski definition) is 1. The second-order valence-electron chi connectivity index (χ2n) is 4.40. The number of aryl methyl sites for hydroxylation is 1. The summed E-state index contributed by atoms with van der Waals surface area (Å²) in [5, 5.41) is 8.72. The molecule has 0 fully saturated rings. The van der Waals surface area contributed by atoms with Gasteiger partial charge in [-0.3, -0.25) is 4.79 Å². The highest BCUT2D eigenvalue weighted by Crippen LogP contribution is 2.31. The topological polar surface area (TPSA) is 37.3 Å². The summed E-state index contributed by atoms with van der Waals surface area (Å²) in [6, 6.07) is 6.13. The van der Waals surface area contributed by atoms with Gasteiger partial charge in [0.25, 0.3) is 0 Å². The van der Waals surface area contributed by atoms with Gasteiger partial charge in [0.05, 0.1) is 6.42 Å². The van der Waals surface area contributed by atoms with Gasteiger partial charge in [-0.2, -0.15) is 0 Å². The maximum atomic E-state index is 10.6. The van der Waals surface area contributed by atoms with Crippen molar-refractivity contribution in [3.8, 4) is 0 Å². The summed E-state index contributed by atoms with van der Waals surface area (Å²) in [5.41, 5.74) is 3.69. The Hall–Kier alpha value is -1.31. The zero-order chi connectivity index (χ0) is 10.8. The van der Waals surface area contributed by atoms with Gasteiger partial charge in [0.15, 0.2) is 0 Å². The van der Waals surface area contributed by atoms with Crippen molar-refractivity contribution in [2.24, 2.45) is 0 Å². The van der Waals surface area contributed by atoms with E-state index in [4.69, 9.17) is 5.11 Å². The Morgan fingerprint density at radius 2 is 2.33 bits per heavy atom. The Morgan fingerprint density at radius 3 is 3.07 bits per heavy atom. The molecular weight excluding hydrogens is 188 g/mol. The van der Waals surface area contributed by atoms with Crippen molar-refractivity contribution in [3.05, 3.63) is 34.9 Å². The minimum atomic E-state index is -0.751. The Balaban J connectivity index is 2.29. The van der Waals surface area contributed by atoms with E-state index >= 15 is 0 Å². The molecule has 0 saturated heterocycles. The maximum Gasteiger partial charge on any atom is 0.307 e. The van der Waals surface area contributed by atoms with E-state index in [2.05, 4.69) is 19.1 Å². The lowest BCUT2D eigenvalue weighted by molar-refractivity contribution is -0.136. The van der Waals surface area contributed by atoms with Crippen LogP contribution in [0, 0.1) is 0 Å². The highest BCUT2D eigenvalue weighted by Gasteiger charge is 2.16. The van der Waals surface area contributed by atoms with Gasteiger partial charge in [-0.05, 0) is 41.9 Å². The van der Waals surface area contributed by atoms with E-state index in [0.29, 0.717) is 5.92 Å². The van der Waals surface area contributed by atoms with Crippen LogP contribution in [0.25, 0.3) is 0 Å². The molecule has 0 bridgehead atoms. The van der Waals surface area contributed by atoms with Crippen LogP contribution < -0.4 is 0 Å². The molecule has 0 amide bonds. The number of carboxylic acids is 1. The summed E-state index contributed by atoms with van der Waals surface area (Å²) in [7, 11) is 0. The molecule has 1 unspecified atom stereocenters. The average molecular weight is 204 g/mol. The largest absolute Gasteiger partial charge is 0.481 e. The quantitative estimate of drug-likeness (QED) is 0.804. The summed E-state index contributed by atoms with van der Waals surface area (Å²) in [6.07, 6.45) is 3.73. The van der Waals surface area contributed by atoms with Crippen molar-refractivity contribution in [1.29, 1.82) is 0 Å². The standard InChI is InChI=1S/C13H16O2/c1-9-3-2-4-11-7-10(8-13(14)15)5-6-12(9)11/h5-7,9H,2-4,8H2,1H3,(H,14,15). The zero-order valence-corrected chi connectivity index (χ0v) is 8.99. The lowest BCUT2D eigenvalue weighted by Gasteiger charge is -2.22. The fourth-order valence-electron chi connectivity index (χ4n) is 2.40. The minimum absolute atomic E-state index is 0.141. The van der Waals surface area contributed by atoms with Crippen LogP contribution in [0.2, 0.25) is 0 Å². The molecule has 2 heteroatoms. The Labute approximate surface area is 89.9 Å². The van der Waals surface area contributed by atoms with Gasteiger partial charge < -0.3 is 5.11 Å². The van der Waals surface area contributed by atoms with Crippen molar-refractivity contribution in [1.82, 2.24) is 0 Å². The number of carboxylic acid groups (broad SMARTS) is 1. The Morgan fingerprint density at radius 1 is 1.53 bits per heavy atom. The Kier molecular flexibility index (Phi) is 2.76. The van der Waals surface area contributed by atoms with E-state index < -0.39 is 5.97 Å². The third-order valence-corrected chi connectivity index (χ3v) is 3.18. The molecule has 1 aliphatic rings. The van der Waals surface area contributed by atoms with Gasteiger partial charge in [0.2, 0.25) is 0 Å². The first kappa shape index (κ1) is 10.2. The van der Waals surface area contributed by atoms with Gasteiger partial charge in [-0.15, -0.1) is 0 Å². The van der Waals surface area contributed by atoms with E-state index in [1.807, 2.05) is 6.07 Å². The molecule has 0 heterocycles. The van der Waals surface area contributed by atoms with Crippen molar-refractivity contribution in [2.45, 2.75) is 38.5 Å². The summed E-state index contributed by atoms with van der Waals surface area (Å²) >= 11 is 0. The zero-order valence-electron chi connectivity index (χ0n) is 8.99. The lowest BCUT2D eigenvalue weighted by Crippen LogP contribution is -2.08. The molecule has 2 rings (SSSR count). The molecule has 15 heavy (non-hydrogen) atoms. The molecule has 1 aliphatic carbocycles. The first-order chi connectivity index (χ1) is 7.16. The molecule has 2 nitrogen and oxygen atoms in total. The first-order valence-electron chi connectivity index (χ1n) is 5.50. The number of fused-ring (bicyclic) bond motifs is 1. The molecule has 80 valence electrons. The highest BCUT2D eigenvalue weighted by molar-refractivity contribution is 5.70. The average Bonchev–Trinajstić information content (AvgIpc) is 2.17. The van der Waals surface area contributed by atoms with Crippen molar-refractivity contribution in [3.63, 3.8) is 0 Å². The molecule has 0 saturated carbocycles. The number of carbonyl (C=O) groups is 1. The summed E-state index contributed by atoms with van der Waals surface area (Å²) < 4.78 is 0. The number of benzene rings is 1. The number of rotatable bonds is 2. The smallest absolute Gasteiger partial charge is 0.307 e. The molecule has 1 atom stereocenters. The minimum Gasteiger partial charge on any atom is -0.481 e. The normalized spacial score (nSPS) is 19.7. The van der Waals surface area contributed by atoms with Gasteiger partial charge in [-0.1, -0.05) is 25.1 Å². The monoisotopic (exact) mass is 204 g/mol. The van der Waals surface area contributed by atoms with Crippen LogP contribution in [0.1, 0.15) is 42.4 Å². The molecule has 0 spiro atoms. The van der Waals surface area contributed by atoms with Crippen LogP contribution in [0.3, 0.4) is 0 Å². The van der Waals surface area contributed by atoms with E-state index in [0.717, 1.165) is 12.0 Å². The van der Waals surface area contributed by atoms with Crippen LogP contribution >= 0.6 is 0 Å². The predicted octanol–water partition coefficient (Wildman–Crippen LogP) is 2.75. The number of hydrogen-bond acceptors (Lipinski definition) is 1. The molecule has 0 aliphatic heterocycles. The summed E-state index contributed by atoms with van der Waals surface area (Å²) in [5.74, 6) is -0.119. The Bertz CT molecular complexity index is 382. The molecule has 0 radical (unpaired) electrons. The number of aliphatic carboxylic acids is 1. The van der Waals surface area contributed by atoms with E-state index in [1.54, 1.807) is 0 Å². The molecule has 1 aromatic rings.